The second kappa shape index (κ2) is 4.10. The van der Waals surface area contributed by atoms with E-state index in [2.05, 4.69) is 9.97 Å². The lowest BCUT2D eigenvalue weighted by Gasteiger charge is -2.19. The molecule has 1 aromatic rings. The third-order valence-electron chi connectivity index (χ3n) is 1.48. The molecule has 0 saturated heterocycles. The van der Waals surface area contributed by atoms with Crippen LogP contribution in [0.15, 0.2) is 6.07 Å². The predicted octanol–water partition coefficient (Wildman–Crippen LogP) is 1.60. The van der Waals surface area contributed by atoms with Crippen molar-refractivity contribution in [1.29, 1.82) is 0 Å². The van der Waals surface area contributed by atoms with Crippen LogP contribution < -0.4 is 10.5 Å². The van der Waals surface area contributed by atoms with Gasteiger partial charge in [0.1, 0.15) is 16.3 Å². The highest BCUT2D eigenvalue weighted by Crippen LogP contribution is 2.14. The summed E-state index contributed by atoms with van der Waals surface area (Å²) in [5, 5.41) is 0. The van der Waals surface area contributed by atoms with Crippen LogP contribution in [0.4, 0.5) is 0 Å². The summed E-state index contributed by atoms with van der Waals surface area (Å²) >= 11 is 4.85. The Bertz CT molecular complexity index is 385. The Morgan fingerprint density at radius 2 is 2.00 bits per heavy atom. The Hall–Kier alpha value is -1.23. The molecule has 0 radical (unpaired) electrons. The van der Waals surface area contributed by atoms with E-state index in [1.807, 2.05) is 27.7 Å². The summed E-state index contributed by atoms with van der Waals surface area (Å²) in [6.07, 6.45) is 0. The zero-order valence-electron chi connectivity index (χ0n) is 9.37. The van der Waals surface area contributed by atoms with Crippen molar-refractivity contribution in [3.05, 3.63) is 17.5 Å². The lowest BCUT2D eigenvalue weighted by atomic mass is 10.2. The first kappa shape index (κ1) is 11.8. The van der Waals surface area contributed by atoms with E-state index in [0.29, 0.717) is 11.7 Å². The minimum absolute atomic E-state index is 0.249. The van der Waals surface area contributed by atoms with E-state index in [9.17, 15) is 0 Å². The van der Waals surface area contributed by atoms with Crippen LogP contribution in [0, 0.1) is 6.92 Å². The van der Waals surface area contributed by atoms with Crippen molar-refractivity contribution in [1.82, 2.24) is 9.97 Å². The van der Waals surface area contributed by atoms with Crippen LogP contribution in [0.1, 0.15) is 32.2 Å². The highest BCUT2D eigenvalue weighted by Gasteiger charge is 2.15. The Balaban J connectivity index is 3.04. The predicted molar refractivity (Wildman–Crippen MR) is 63.0 cm³/mol. The normalized spacial score (nSPS) is 11.2. The summed E-state index contributed by atoms with van der Waals surface area (Å²) in [6, 6.07) is 2.04. The molecule has 0 saturated carbocycles. The summed E-state index contributed by atoms with van der Waals surface area (Å²) in [4.78, 5) is 8.52. The van der Waals surface area contributed by atoms with Crippen molar-refractivity contribution >= 4 is 17.2 Å². The first-order valence-corrected chi connectivity index (χ1v) is 5.03. The first-order chi connectivity index (χ1) is 6.78. The number of hydrogen-bond acceptors (Lipinski definition) is 4. The van der Waals surface area contributed by atoms with E-state index in [1.165, 1.54) is 0 Å². The molecule has 2 N–H and O–H groups in total. The highest BCUT2D eigenvalue weighted by atomic mass is 32.1. The fourth-order valence-corrected chi connectivity index (χ4v) is 1.09. The topological polar surface area (TPSA) is 61.0 Å². The molecule has 0 aliphatic carbocycles. The fraction of sp³-hybridized carbons (Fsp3) is 0.500. The fourth-order valence-electron chi connectivity index (χ4n) is 0.987. The molecule has 0 aliphatic heterocycles. The molecule has 1 aromatic heterocycles. The standard InChI is InChI=1S/C10H15N3OS/c1-6-5-7(8(11)15)13-9(12-6)14-10(2,3)4/h5H,1-4H3,(H2,11,15). The van der Waals surface area contributed by atoms with Gasteiger partial charge in [0.25, 0.3) is 0 Å². The number of aryl methyl sites for hydroxylation is 1. The Labute approximate surface area is 94.9 Å². The van der Waals surface area contributed by atoms with Crippen LogP contribution in [0.5, 0.6) is 6.01 Å². The Morgan fingerprint density at radius 3 is 2.47 bits per heavy atom. The van der Waals surface area contributed by atoms with Crippen molar-refractivity contribution in [3.8, 4) is 6.01 Å². The molecular weight excluding hydrogens is 210 g/mol. The Kier molecular flexibility index (Phi) is 3.24. The lowest BCUT2D eigenvalue weighted by molar-refractivity contribution is 0.116. The molecule has 82 valence electrons. The molecule has 0 spiro atoms. The molecule has 1 heterocycles. The van der Waals surface area contributed by atoms with Crippen LogP contribution in [0.25, 0.3) is 0 Å². The molecular formula is C10H15N3OS. The summed E-state index contributed by atoms with van der Waals surface area (Å²) < 4.78 is 5.54. The number of thiocarbonyl (C=S) groups is 1. The molecule has 0 fully saturated rings. The second-order valence-electron chi connectivity index (χ2n) is 4.26. The van der Waals surface area contributed by atoms with Gasteiger partial charge in [-0.15, -0.1) is 0 Å². The van der Waals surface area contributed by atoms with Crippen molar-refractivity contribution in [2.75, 3.05) is 0 Å². The molecule has 4 nitrogen and oxygen atoms in total. The van der Waals surface area contributed by atoms with Gasteiger partial charge in [-0.3, -0.25) is 0 Å². The number of nitrogens with zero attached hydrogens (tertiary/aromatic N) is 2. The Morgan fingerprint density at radius 1 is 1.40 bits per heavy atom. The maximum Gasteiger partial charge on any atom is 0.317 e. The second-order valence-corrected chi connectivity index (χ2v) is 4.70. The third kappa shape index (κ3) is 3.79. The third-order valence-corrected chi connectivity index (χ3v) is 1.69. The number of hydrogen-bond donors (Lipinski definition) is 1. The molecule has 0 atom stereocenters. The van der Waals surface area contributed by atoms with Crippen molar-refractivity contribution in [2.45, 2.75) is 33.3 Å². The minimum Gasteiger partial charge on any atom is -0.458 e. The van der Waals surface area contributed by atoms with E-state index >= 15 is 0 Å². The van der Waals surface area contributed by atoms with Crippen molar-refractivity contribution in [2.24, 2.45) is 5.73 Å². The molecule has 0 aromatic carbocycles. The minimum atomic E-state index is -0.332. The quantitative estimate of drug-likeness (QED) is 0.775. The van der Waals surface area contributed by atoms with Gasteiger partial charge in [-0.1, -0.05) is 12.2 Å². The molecule has 5 heteroatoms. The molecule has 0 unspecified atom stereocenters. The van der Waals surface area contributed by atoms with E-state index < -0.39 is 0 Å². The van der Waals surface area contributed by atoms with E-state index in [0.717, 1.165) is 5.69 Å². The highest BCUT2D eigenvalue weighted by molar-refractivity contribution is 7.80. The summed E-state index contributed by atoms with van der Waals surface area (Å²) in [5.41, 5.74) is 6.49. The summed E-state index contributed by atoms with van der Waals surface area (Å²) in [7, 11) is 0. The van der Waals surface area contributed by atoms with E-state index in [4.69, 9.17) is 22.7 Å². The van der Waals surface area contributed by atoms with Crippen molar-refractivity contribution < 1.29 is 4.74 Å². The molecule has 1 rings (SSSR count). The van der Waals surface area contributed by atoms with Crippen LogP contribution in [0.3, 0.4) is 0 Å². The SMILES string of the molecule is Cc1cc(C(N)=S)nc(OC(C)(C)C)n1. The molecule has 0 aliphatic rings. The van der Waals surface area contributed by atoms with Crippen LogP contribution >= 0.6 is 12.2 Å². The van der Waals surface area contributed by atoms with Gasteiger partial charge in [-0.25, -0.2) is 4.98 Å². The monoisotopic (exact) mass is 225 g/mol. The van der Waals surface area contributed by atoms with E-state index in [-0.39, 0.29) is 10.6 Å². The van der Waals surface area contributed by atoms with Crippen LogP contribution in [-0.2, 0) is 0 Å². The van der Waals surface area contributed by atoms with Gasteiger partial charge in [0, 0.05) is 5.69 Å². The molecule has 0 amide bonds. The van der Waals surface area contributed by atoms with Crippen LogP contribution in [0.2, 0.25) is 0 Å². The van der Waals surface area contributed by atoms with Crippen molar-refractivity contribution in [3.63, 3.8) is 0 Å². The van der Waals surface area contributed by atoms with Gasteiger partial charge in [0.05, 0.1) is 0 Å². The molecule has 15 heavy (non-hydrogen) atoms. The average molecular weight is 225 g/mol. The zero-order chi connectivity index (χ0) is 11.6. The number of ether oxygens (including phenoxy) is 1. The van der Waals surface area contributed by atoms with Gasteiger partial charge >= 0.3 is 6.01 Å². The number of nitrogens with two attached hydrogens (primary N) is 1. The summed E-state index contributed by atoms with van der Waals surface area (Å²) in [5.74, 6) is 0. The molecule has 0 bridgehead atoms. The summed E-state index contributed by atoms with van der Waals surface area (Å²) in [6.45, 7) is 7.64. The van der Waals surface area contributed by atoms with E-state index in [1.54, 1.807) is 6.07 Å². The number of rotatable bonds is 2. The van der Waals surface area contributed by atoms with Crippen LogP contribution in [-0.4, -0.2) is 20.6 Å². The maximum absolute atomic E-state index is 5.54. The van der Waals surface area contributed by atoms with Gasteiger partial charge in [-0.05, 0) is 33.8 Å². The average Bonchev–Trinajstić information content (AvgIpc) is 1.99. The zero-order valence-corrected chi connectivity index (χ0v) is 10.2. The van der Waals surface area contributed by atoms with Gasteiger partial charge in [0.2, 0.25) is 0 Å². The maximum atomic E-state index is 5.54. The largest absolute Gasteiger partial charge is 0.458 e. The van der Waals surface area contributed by atoms with Gasteiger partial charge in [-0.2, -0.15) is 4.98 Å². The first-order valence-electron chi connectivity index (χ1n) is 4.62. The van der Waals surface area contributed by atoms with Gasteiger partial charge in [0.15, 0.2) is 0 Å². The number of aromatic nitrogens is 2. The lowest BCUT2D eigenvalue weighted by Crippen LogP contribution is -2.25. The smallest absolute Gasteiger partial charge is 0.317 e. The van der Waals surface area contributed by atoms with Gasteiger partial charge < -0.3 is 10.5 Å².